The van der Waals surface area contributed by atoms with Crippen molar-refractivity contribution in [3.63, 3.8) is 0 Å². The van der Waals surface area contributed by atoms with Crippen LogP contribution in [-0.2, 0) is 0 Å². The molecule has 1 heterocycles. The lowest BCUT2D eigenvalue weighted by atomic mass is 9.92. The summed E-state index contributed by atoms with van der Waals surface area (Å²) in [7, 11) is 4.16. The number of benzene rings is 2. The molecule has 0 amide bonds. The Balaban J connectivity index is 2.17. The Morgan fingerprint density at radius 2 is 1.80 bits per heavy atom. The molecule has 0 radical (unpaired) electrons. The molecular formula is C21H22ClNOS. The van der Waals surface area contributed by atoms with Gasteiger partial charge < -0.3 is 4.90 Å². The van der Waals surface area contributed by atoms with Crippen LogP contribution in [-0.4, -0.2) is 31.3 Å². The standard InChI is InChI=1S/C21H22ClNOS/c1-13(12-23(3)4)9-17-18-10-15(14(2)24)5-7-20(18)25-21-8-6-16(22)11-19(17)21/h5-11,13H,12H2,1-4H3/b17-9+. The monoisotopic (exact) mass is 371 g/mol. The summed E-state index contributed by atoms with van der Waals surface area (Å²) in [6, 6.07) is 12.0. The summed E-state index contributed by atoms with van der Waals surface area (Å²) in [6.07, 6.45) is 2.30. The van der Waals surface area contributed by atoms with Gasteiger partial charge in [-0.05, 0) is 74.0 Å². The fourth-order valence-corrected chi connectivity index (χ4v) is 4.45. The van der Waals surface area contributed by atoms with E-state index >= 15 is 0 Å². The van der Waals surface area contributed by atoms with Gasteiger partial charge in [0, 0.05) is 26.9 Å². The van der Waals surface area contributed by atoms with Gasteiger partial charge in [0.1, 0.15) is 0 Å². The van der Waals surface area contributed by atoms with Crippen LogP contribution >= 0.6 is 23.4 Å². The molecule has 0 bridgehead atoms. The van der Waals surface area contributed by atoms with Crippen LogP contribution in [0.5, 0.6) is 0 Å². The largest absolute Gasteiger partial charge is 0.309 e. The average Bonchev–Trinajstić information content (AvgIpc) is 2.54. The second-order valence-electron chi connectivity index (χ2n) is 6.83. The third-order valence-corrected chi connectivity index (χ3v) is 5.62. The minimum atomic E-state index is 0.0883. The van der Waals surface area contributed by atoms with E-state index in [1.807, 2.05) is 24.3 Å². The maximum absolute atomic E-state index is 11.9. The summed E-state index contributed by atoms with van der Waals surface area (Å²) in [5.41, 5.74) is 4.19. The SMILES string of the molecule is CC(=O)c1ccc2c(c1)/C(=C\C(C)CN(C)C)c1cc(Cl)ccc1S2. The molecule has 25 heavy (non-hydrogen) atoms. The van der Waals surface area contributed by atoms with Crippen LogP contribution in [0.25, 0.3) is 5.57 Å². The summed E-state index contributed by atoms with van der Waals surface area (Å²) in [5.74, 6) is 0.471. The predicted molar refractivity (Wildman–Crippen MR) is 107 cm³/mol. The van der Waals surface area contributed by atoms with Gasteiger partial charge in [-0.1, -0.05) is 42.4 Å². The van der Waals surface area contributed by atoms with E-state index in [0.717, 1.165) is 28.3 Å². The molecule has 0 N–H and O–H groups in total. The van der Waals surface area contributed by atoms with Gasteiger partial charge in [0.25, 0.3) is 0 Å². The van der Waals surface area contributed by atoms with Crippen molar-refractivity contribution < 1.29 is 4.79 Å². The average molecular weight is 372 g/mol. The minimum absolute atomic E-state index is 0.0883. The number of hydrogen-bond donors (Lipinski definition) is 0. The number of carbonyl (C=O) groups is 1. The van der Waals surface area contributed by atoms with E-state index in [0.29, 0.717) is 5.92 Å². The lowest BCUT2D eigenvalue weighted by molar-refractivity contribution is 0.101. The van der Waals surface area contributed by atoms with Crippen LogP contribution in [0.15, 0.2) is 52.3 Å². The van der Waals surface area contributed by atoms with Crippen LogP contribution in [0.3, 0.4) is 0 Å². The fraction of sp³-hybridized carbons (Fsp3) is 0.286. The van der Waals surface area contributed by atoms with Gasteiger partial charge in [-0.15, -0.1) is 0 Å². The molecule has 1 aliphatic heterocycles. The van der Waals surface area contributed by atoms with E-state index in [-0.39, 0.29) is 5.78 Å². The summed E-state index contributed by atoms with van der Waals surface area (Å²) >= 11 is 8.01. The van der Waals surface area contributed by atoms with Crippen LogP contribution in [0.4, 0.5) is 0 Å². The van der Waals surface area contributed by atoms with Crippen molar-refractivity contribution in [3.05, 3.63) is 64.2 Å². The molecule has 2 aromatic carbocycles. The highest BCUT2D eigenvalue weighted by atomic mass is 35.5. The van der Waals surface area contributed by atoms with Crippen molar-refractivity contribution >= 4 is 34.7 Å². The molecule has 1 unspecified atom stereocenters. The second-order valence-corrected chi connectivity index (χ2v) is 8.35. The van der Waals surface area contributed by atoms with Crippen molar-refractivity contribution in [1.29, 1.82) is 0 Å². The summed E-state index contributed by atoms with van der Waals surface area (Å²) in [5, 5.41) is 0.733. The first kappa shape index (κ1) is 18.2. The number of fused-ring (bicyclic) bond motifs is 2. The van der Waals surface area contributed by atoms with Crippen molar-refractivity contribution in [2.24, 2.45) is 5.92 Å². The van der Waals surface area contributed by atoms with Gasteiger partial charge in [-0.25, -0.2) is 0 Å². The molecule has 0 spiro atoms. The first-order valence-corrected chi connectivity index (χ1v) is 9.54. The van der Waals surface area contributed by atoms with Crippen molar-refractivity contribution in [1.82, 2.24) is 4.90 Å². The van der Waals surface area contributed by atoms with Crippen molar-refractivity contribution in [3.8, 4) is 0 Å². The molecule has 1 aliphatic rings. The normalized spacial score (nSPS) is 15.8. The van der Waals surface area contributed by atoms with Gasteiger partial charge in [-0.3, -0.25) is 4.79 Å². The molecule has 0 aromatic heterocycles. The van der Waals surface area contributed by atoms with Crippen LogP contribution in [0, 0.1) is 5.92 Å². The molecule has 0 fully saturated rings. The maximum atomic E-state index is 11.9. The Morgan fingerprint density at radius 1 is 1.16 bits per heavy atom. The summed E-state index contributed by atoms with van der Waals surface area (Å²) < 4.78 is 0. The molecule has 2 nitrogen and oxygen atoms in total. The van der Waals surface area contributed by atoms with E-state index in [9.17, 15) is 4.79 Å². The highest BCUT2D eigenvalue weighted by molar-refractivity contribution is 7.99. The third kappa shape index (κ3) is 4.00. The Labute approximate surface area is 158 Å². The Kier molecular flexibility index (Phi) is 5.38. The molecule has 0 saturated carbocycles. The number of halogens is 1. The predicted octanol–water partition coefficient (Wildman–Crippen LogP) is 5.64. The minimum Gasteiger partial charge on any atom is -0.309 e. The topological polar surface area (TPSA) is 20.3 Å². The quantitative estimate of drug-likeness (QED) is 0.554. The maximum Gasteiger partial charge on any atom is 0.159 e. The number of carbonyl (C=O) groups excluding carboxylic acids is 1. The summed E-state index contributed by atoms with van der Waals surface area (Å²) in [6.45, 7) is 4.79. The van der Waals surface area contributed by atoms with E-state index in [1.165, 1.54) is 15.4 Å². The molecular weight excluding hydrogens is 350 g/mol. The van der Waals surface area contributed by atoms with Gasteiger partial charge in [0.05, 0.1) is 0 Å². The van der Waals surface area contributed by atoms with Gasteiger partial charge in [-0.2, -0.15) is 0 Å². The van der Waals surface area contributed by atoms with E-state index < -0.39 is 0 Å². The molecule has 2 aromatic rings. The number of rotatable bonds is 4. The molecule has 0 aliphatic carbocycles. The molecule has 0 saturated heterocycles. The lowest BCUT2D eigenvalue weighted by Gasteiger charge is -2.24. The van der Waals surface area contributed by atoms with Crippen molar-refractivity contribution in [2.45, 2.75) is 23.6 Å². The lowest BCUT2D eigenvalue weighted by Crippen LogP contribution is -2.19. The Bertz CT molecular complexity index is 857. The van der Waals surface area contributed by atoms with Gasteiger partial charge in [0.15, 0.2) is 5.78 Å². The van der Waals surface area contributed by atoms with Crippen LogP contribution < -0.4 is 0 Å². The molecule has 3 rings (SSSR count). The van der Waals surface area contributed by atoms with E-state index in [2.05, 4.69) is 44.1 Å². The zero-order valence-corrected chi connectivity index (χ0v) is 16.5. The third-order valence-electron chi connectivity index (χ3n) is 4.23. The fourth-order valence-electron chi connectivity index (χ4n) is 3.21. The van der Waals surface area contributed by atoms with Gasteiger partial charge in [0.2, 0.25) is 0 Å². The first-order chi connectivity index (χ1) is 11.8. The molecule has 1 atom stereocenters. The van der Waals surface area contributed by atoms with Gasteiger partial charge >= 0.3 is 0 Å². The van der Waals surface area contributed by atoms with Crippen molar-refractivity contribution in [2.75, 3.05) is 20.6 Å². The number of hydrogen-bond acceptors (Lipinski definition) is 3. The first-order valence-electron chi connectivity index (χ1n) is 8.35. The number of Topliss-reactive ketones (excluding diaryl/α,β-unsaturated/α-hetero) is 1. The summed E-state index contributed by atoms with van der Waals surface area (Å²) in [4.78, 5) is 16.4. The molecule has 130 valence electrons. The van der Waals surface area contributed by atoms with Crippen LogP contribution in [0.1, 0.15) is 35.3 Å². The highest BCUT2D eigenvalue weighted by Crippen LogP contribution is 2.46. The zero-order chi connectivity index (χ0) is 18.1. The molecule has 4 heteroatoms. The number of nitrogens with zero attached hydrogens (tertiary/aromatic N) is 1. The number of ketones is 1. The van der Waals surface area contributed by atoms with Crippen LogP contribution in [0.2, 0.25) is 5.02 Å². The van der Waals surface area contributed by atoms with E-state index in [1.54, 1.807) is 18.7 Å². The zero-order valence-electron chi connectivity index (χ0n) is 15.0. The Hall–Kier alpha value is -1.55. The smallest absolute Gasteiger partial charge is 0.159 e. The van der Waals surface area contributed by atoms with E-state index in [4.69, 9.17) is 11.6 Å². The Morgan fingerprint density at radius 3 is 2.44 bits per heavy atom. The second kappa shape index (κ2) is 7.36. The highest BCUT2D eigenvalue weighted by Gasteiger charge is 2.23.